The number of hydrogen-bond acceptors (Lipinski definition) is 2. The Balaban J connectivity index is 2.38. The van der Waals surface area contributed by atoms with Gasteiger partial charge in [-0.05, 0) is 53.4 Å². The van der Waals surface area contributed by atoms with Crippen molar-refractivity contribution in [3.05, 3.63) is 39.3 Å². The van der Waals surface area contributed by atoms with Gasteiger partial charge in [0.2, 0.25) is 0 Å². The highest BCUT2D eigenvalue weighted by Crippen LogP contribution is 2.31. The Bertz CT molecular complexity index is 662. The standard InChI is InChI=1S/C15H17BrN2O2/c1-8-4-5-11(10(3)9(8)2)14-15(16)18-12(17-14)6-7-13(19)20/h4-5H,6-7H2,1-3H3,(H,17,18)(H,19,20). The van der Waals surface area contributed by atoms with Crippen LogP contribution in [0.1, 0.15) is 28.9 Å². The number of aliphatic carboxylic acids is 1. The topological polar surface area (TPSA) is 66.0 Å². The second kappa shape index (κ2) is 5.79. The summed E-state index contributed by atoms with van der Waals surface area (Å²) < 4.78 is 0.796. The summed E-state index contributed by atoms with van der Waals surface area (Å²) >= 11 is 3.47. The van der Waals surface area contributed by atoms with Gasteiger partial charge in [0, 0.05) is 12.0 Å². The Morgan fingerprint density at radius 3 is 2.65 bits per heavy atom. The third kappa shape index (κ3) is 2.93. The van der Waals surface area contributed by atoms with Crippen LogP contribution in [-0.4, -0.2) is 21.0 Å². The first-order chi connectivity index (χ1) is 9.40. The molecule has 0 atom stereocenters. The summed E-state index contributed by atoms with van der Waals surface area (Å²) in [6.45, 7) is 6.26. The zero-order valence-electron chi connectivity index (χ0n) is 11.7. The third-order valence-electron chi connectivity index (χ3n) is 3.60. The van der Waals surface area contributed by atoms with E-state index in [9.17, 15) is 4.79 Å². The summed E-state index contributed by atoms with van der Waals surface area (Å²) in [6, 6.07) is 4.13. The van der Waals surface area contributed by atoms with E-state index in [1.165, 1.54) is 16.7 Å². The molecule has 0 unspecified atom stereocenters. The number of halogens is 1. The quantitative estimate of drug-likeness (QED) is 0.892. The van der Waals surface area contributed by atoms with Crippen molar-refractivity contribution in [2.24, 2.45) is 0 Å². The highest BCUT2D eigenvalue weighted by atomic mass is 79.9. The van der Waals surface area contributed by atoms with Crippen LogP contribution in [0.5, 0.6) is 0 Å². The van der Waals surface area contributed by atoms with Crippen molar-refractivity contribution < 1.29 is 9.90 Å². The number of aryl methyl sites for hydroxylation is 2. The van der Waals surface area contributed by atoms with E-state index in [4.69, 9.17) is 5.11 Å². The Hall–Kier alpha value is -1.62. The van der Waals surface area contributed by atoms with E-state index in [0.717, 1.165) is 15.9 Å². The molecule has 0 bridgehead atoms. The predicted octanol–water partition coefficient (Wildman–Crippen LogP) is 3.78. The number of nitrogens with zero attached hydrogens (tertiary/aromatic N) is 1. The molecule has 2 aromatic rings. The molecule has 0 amide bonds. The molecule has 0 spiro atoms. The summed E-state index contributed by atoms with van der Waals surface area (Å²) in [4.78, 5) is 18.2. The molecule has 0 fully saturated rings. The van der Waals surface area contributed by atoms with Gasteiger partial charge >= 0.3 is 5.97 Å². The first kappa shape index (κ1) is 14.8. The number of aromatic amines is 1. The van der Waals surface area contributed by atoms with Gasteiger partial charge in [-0.1, -0.05) is 12.1 Å². The minimum atomic E-state index is -0.818. The summed E-state index contributed by atoms with van der Waals surface area (Å²) in [5.74, 6) is -0.131. The lowest BCUT2D eigenvalue weighted by molar-refractivity contribution is -0.137. The average molecular weight is 337 g/mol. The fourth-order valence-electron chi connectivity index (χ4n) is 2.13. The molecule has 2 N–H and O–H groups in total. The minimum absolute atomic E-state index is 0.0747. The molecule has 0 saturated heterocycles. The highest BCUT2D eigenvalue weighted by Gasteiger charge is 2.14. The predicted molar refractivity (Wildman–Crippen MR) is 81.9 cm³/mol. The van der Waals surface area contributed by atoms with Gasteiger partial charge in [0.1, 0.15) is 16.1 Å². The Morgan fingerprint density at radius 2 is 2.00 bits per heavy atom. The molecule has 0 saturated carbocycles. The largest absolute Gasteiger partial charge is 0.481 e. The zero-order valence-corrected chi connectivity index (χ0v) is 13.3. The van der Waals surface area contributed by atoms with Crippen LogP contribution >= 0.6 is 15.9 Å². The van der Waals surface area contributed by atoms with Gasteiger partial charge in [0.25, 0.3) is 0 Å². The summed E-state index contributed by atoms with van der Waals surface area (Å²) in [5.41, 5.74) is 5.61. The van der Waals surface area contributed by atoms with Crippen LogP contribution < -0.4 is 0 Å². The molecule has 1 aromatic carbocycles. The molecule has 0 aliphatic heterocycles. The van der Waals surface area contributed by atoms with E-state index in [0.29, 0.717) is 12.2 Å². The molecule has 0 aliphatic rings. The third-order valence-corrected chi connectivity index (χ3v) is 4.17. The van der Waals surface area contributed by atoms with E-state index >= 15 is 0 Å². The normalized spacial score (nSPS) is 10.8. The average Bonchev–Trinajstić information content (AvgIpc) is 2.75. The van der Waals surface area contributed by atoms with Crippen molar-refractivity contribution in [2.75, 3.05) is 0 Å². The van der Waals surface area contributed by atoms with Crippen molar-refractivity contribution in [1.29, 1.82) is 0 Å². The molecular weight excluding hydrogens is 320 g/mol. The first-order valence-electron chi connectivity index (χ1n) is 6.43. The number of rotatable bonds is 4. The van der Waals surface area contributed by atoms with E-state index in [-0.39, 0.29) is 6.42 Å². The number of carbonyl (C=O) groups is 1. The number of nitrogens with one attached hydrogen (secondary N) is 1. The van der Waals surface area contributed by atoms with Crippen molar-refractivity contribution in [1.82, 2.24) is 9.97 Å². The second-order valence-corrected chi connectivity index (χ2v) is 5.71. The number of carboxylic acid groups (broad SMARTS) is 1. The molecule has 2 rings (SSSR count). The lowest BCUT2D eigenvalue weighted by Crippen LogP contribution is -1.98. The lowest BCUT2D eigenvalue weighted by atomic mass is 9.97. The maximum atomic E-state index is 10.6. The van der Waals surface area contributed by atoms with Gasteiger partial charge < -0.3 is 10.1 Å². The van der Waals surface area contributed by atoms with Crippen molar-refractivity contribution in [3.63, 3.8) is 0 Å². The monoisotopic (exact) mass is 336 g/mol. The minimum Gasteiger partial charge on any atom is -0.481 e. The number of hydrogen-bond donors (Lipinski definition) is 2. The smallest absolute Gasteiger partial charge is 0.303 e. The maximum absolute atomic E-state index is 10.6. The van der Waals surface area contributed by atoms with Crippen LogP contribution in [0, 0.1) is 20.8 Å². The van der Waals surface area contributed by atoms with Crippen LogP contribution in [-0.2, 0) is 11.2 Å². The van der Waals surface area contributed by atoms with E-state index in [1.54, 1.807) is 0 Å². The van der Waals surface area contributed by atoms with Crippen LogP contribution in [0.2, 0.25) is 0 Å². The Morgan fingerprint density at radius 1 is 1.30 bits per heavy atom. The fraction of sp³-hybridized carbons (Fsp3) is 0.333. The second-order valence-electron chi connectivity index (χ2n) is 4.92. The number of carboxylic acids is 1. The van der Waals surface area contributed by atoms with E-state index < -0.39 is 5.97 Å². The summed E-state index contributed by atoms with van der Waals surface area (Å²) in [6.07, 6.45) is 0.475. The van der Waals surface area contributed by atoms with Crippen LogP contribution in [0.3, 0.4) is 0 Å². The van der Waals surface area contributed by atoms with E-state index in [2.05, 4.69) is 58.8 Å². The summed E-state index contributed by atoms with van der Waals surface area (Å²) in [5, 5.41) is 8.73. The Kier molecular flexibility index (Phi) is 4.28. The summed E-state index contributed by atoms with van der Waals surface area (Å²) in [7, 11) is 0. The van der Waals surface area contributed by atoms with Crippen LogP contribution in [0.15, 0.2) is 16.7 Å². The SMILES string of the molecule is Cc1ccc(-c2nc(CCC(=O)O)[nH]c2Br)c(C)c1C. The van der Waals surface area contributed by atoms with Crippen molar-refractivity contribution in [3.8, 4) is 11.3 Å². The number of imidazole rings is 1. The van der Waals surface area contributed by atoms with Crippen molar-refractivity contribution in [2.45, 2.75) is 33.6 Å². The zero-order chi connectivity index (χ0) is 14.9. The van der Waals surface area contributed by atoms with Crippen LogP contribution in [0.4, 0.5) is 0 Å². The van der Waals surface area contributed by atoms with Gasteiger partial charge in [-0.25, -0.2) is 4.98 Å². The fourth-order valence-corrected chi connectivity index (χ4v) is 2.66. The van der Waals surface area contributed by atoms with Gasteiger partial charge in [0.05, 0.1) is 6.42 Å². The molecule has 0 radical (unpaired) electrons. The molecule has 4 nitrogen and oxygen atoms in total. The van der Waals surface area contributed by atoms with Gasteiger partial charge in [-0.3, -0.25) is 4.79 Å². The Labute approximate surface area is 126 Å². The molecule has 20 heavy (non-hydrogen) atoms. The molecule has 5 heteroatoms. The molecule has 106 valence electrons. The van der Waals surface area contributed by atoms with Crippen LogP contribution in [0.25, 0.3) is 11.3 Å². The highest BCUT2D eigenvalue weighted by molar-refractivity contribution is 9.10. The van der Waals surface area contributed by atoms with Gasteiger partial charge in [-0.2, -0.15) is 0 Å². The molecule has 1 heterocycles. The number of aromatic nitrogens is 2. The number of H-pyrrole nitrogens is 1. The lowest BCUT2D eigenvalue weighted by Gasteiger charge is -2.09. The molecular formula is C15H17BrN2O2. The molecule has 1 aromatic heterocycles. The van der Waals surface area contributed by atoms with Gasteiger partial charge in [-0.15, -0.1) is 0 Å². The maximum Gasteiger partial charge on any atom is 0.303 e. The first-order valence-corrected chi connectivity index (χ1v) is 7.22. The molecule has 0 aliphatic carbocycles. The van der Waals surface area contributed by atoms with Gasteiger partial charge in [0.15, 0.2) is 0 Å². The van der Waals surface area contributed by atoms with E-state index in [1.807, 2.05) is 0 Å². The number of benzene rings is 1. The van der Waals surface area contributed by atoms with Crippen molar-refractivity contribution >= 4 is 21.9 Å².